The molecule has 1 aromatic carbocycles. The van der Waals surface area contributed by atoms with Gasteiger partial charge in [-0.2, -0.15) is 0 Å². The number of benzene rings is 1. The number of pyridine rings is 1. The fourth-order valence-electron chi connectivity index (χ4n) is 1.66. The molecule has 2 N–H and O–H groups in total. The van der Waals surface area contributed by atoms with E-state index in [1.807, 2.05) is 30.3 Å². The van der Waals surface area contributed by atoms with Gasteiger partial charge in [0.25, 0.3) is 0 Å². The highest BCUT2D eigenvalue weighted by Gasteiger charge is 2.00. The number of aliphatic hydroxyl groups excluding tert-OH is 1. The van der Waals surface area contributed by atoms with Gasteiger partial charge in [-0.25, -0.2) is 0 Å². The summed E-state index contributed by atoms with van der Waals surface area (Å²) >= 11 is 0. The number of aromatic nitrogens is 1. The van der Waals surface area contributed by atoms with Crippen molar-refractivity contribution in [1.29, 1.82) is 0 Å². The second-order valence-corrected chi connectivity index (χ2v) is 4.02. The molecular weight excluding hydrogens is 212 g/mol. The van der Waals surface area contributed by atoms with Gasteiger partial charge in [-0.1, -0.05) is 12.1 Å². The molecule has 3 heteroatoms. The zero-order valence-electron chi connectivity index (χ0n) is 9.85. The topological polar surface area (TPSA) is 45.1 Å². The first-order valence-electron chi connectivity index (χ1n) is 5.63. The van der Waals surface area contributed by atoms with Crippen molar-refractivity contribution in [2.24, 2.45) is 0 Å². The molecule has 1 aromatic heterocycles. The van der Waals surface area contributed by atoms with E-state index in [-0.39, 0.29) is 6.61 Å². The van der Waals surface area contributed by atoms with Crippen LogP contribution in [0.1, 0.15) is 16.7 Å². The third-order valence-electron chi connectivity index (χ3n) is 2.72. The molecule has 0 aliphatic heterocycles. The van der Waals surface area contributed by atoms with Crippen molar-refractivity contribution in [3.63, 3.8) is 0 Å². The molecule has 0 aliphatic carbocycles. The molecule has 1 heterocycles. The quantitative estimate of drug-likeness (QED) is 0.845. The average molecular weight is 228 g/mol. The summed E-state index contributed by atoms with van der Waals surface area (Å²) in [6, 6.07) is 9.90. The van der Waals surface area contributed by atoms with Crippen LogP contribution in [-0.2, 0) is 13.2 Å². The van der Waals surface area contributed by atoms with Crippen molar-refractivity contribution >= 4 is 5.69 Å². The van der Waals surface area contributed by atoms with E-state index in [4.69, 9.17) is 5.11 Å². The van der Waals surface area contributed by atoms with E-state index >= 15 is 0 Å². The highest BCUT2D eigenvalue weighted by atomic mass is 16.3. The Hall–Kier alpha value is -1.87. The Morgan fingerprint density at radius 2 is 1.88 bits per heavy atom. The molecule has 2 aromatic rings. The second-order valence-electron chi connectivity index (χ2n) is 4.02. The van der Waals surface area contributed by atoms with E-state index in [9.17, 15) is 0 Å². The van der Waals surface area contributed by atoms with Crippen molar-refractivity contribution in [2.45, 2.75) is 20.1 Å². The van der Waals surface area contributed by atoms with Gasteiger partial charge in [-0.05, 0) is 41.8 Å². The summed E-state index contributed by atoms with van der Waals surface area (Å²) in [4.78, 5) is 3.98. The molecule has 3 nitrogen and oxygen atoms in total. The normalized spacial score (nSPS) is 10.2. The maximum absolute atomic E-state index is 9.10. The minimum atomic E-state index is 0.0736. The maximum atomic E-state index is 9.10. The predicted molar refractivity (Wildman–Crippen MR) is 68.7 cm³/mol. The van der Waals surface area contributed by atoms with Gasteiger partial charge in [0.2, 0.25) is 0 Å². The van der Waals surface area contributed by atoms with Gasteiger partial charge < -0.3 is 10.4 Å². The number of nitrogens with zero attached hydrogens (tertiary/aromatic N) is 1. The van der Waals surface area contributed by atoms with Crippen LogP contribution in [0.2, 0.25) is 0 Å². The molecule has 2 rings (SSSR count). The maximum Gasteiger partial charge on any atom is 0.0682 e. The summed E-state index contributed by atoms with van der Waals surface area (Å²) in [5.74, 6) is 0. The minimum Gasteiger partial charge on any atom is -0.392 e. The highest BCUT2D eigenvalue weighted by Crippen LogP contribution is 2.17. The standard InChI is InChI=1S/C14H16N2O/c1-11-2-3-13(10-17)8-14(11)16-9-12-4-6-15-7-5-12/h2-8,16-17H,9-10H2,1H3. The molecule has 0 unspecified atom stereocenters. The van der Waals surface area contributed by atoms with E-state index in [0.717, 1.165) is 17.8 Å². The van der Waals surface area contributed by atoms with Gasteiger partial charge in [-0.15, -0.1) is 0 Å². The second kappa shape index (κ2) is 5.46. The van der Waals surface area contributed by atoms with E-state index < -0.39 is 0 Å². The number of hydrogen-bond acceptors (Lipinski definition) is 3. The van der Waals surface area contributed by atoms with Crippen molar-refractivity contribution < 1.29 is 5.11 Å². The Kier molecular flexibility index (Phi) is 3.73. The predicted octanol–water partition coefficient (Wildman–Crippen LogP) is 2.49. The summed E-state index contributed by atoms with van der Waals surface area (Å²) in [6.45, 7) is 2.89. The monoisotopic (exact) mass is 228 g/mol. The zero-order valence-corrected chi connectivity index (χ0v) is 9.85. The van der Waals surface area contributed by atoms with Crippen LogP contribution in [0.3, 0.4) is 0 Å². The van der Waals surface area contributed by atoms with Gasteiger partial charge in [0.05, 0.1) is 6.61 Å². The van der Waals surface area contributed by atoms with Gasteiger partial charge in [0.15, 0.2) is 0 Å². The number of rotatable bonds is 4. The van der Waals surface area contributed by atoms with Crippen LogP contribution in [0, 0.1) is 6.92 Å². The average Bonchev–Trinajstić information content (AvgIpc) is 2.39. The molecule has 17 heavy (non-hydrogen) atoms. The molecule has 0 atom stereocenters. The summed E-state index contributed by atoms with van der Waals surface area (Å²) in [6.07, 6.45) is 3.57. The Morgan fingerprint density at radius 1 is 1.12 bits per heavy atom. The van der Waals surface area contributed by atoms with Gasteiger partial charge >= 0.3 is 0 Å². The number of aryl methyl sites for hydroxylation is 1. The van der Waals surface area contributed by atoms with E-state index in [2.05, 4.69) is 17.2 Å². The van der Waals surface area contributed by atoms with Crippen molar-refractivity contribution in [3.8, 4) is 0 Å². The van der Waals surface area contributed by atoms with Crippen molar-refractivity contribution in [3.05, 3.63) is 59.4 Å². The summed E-state index contributed by atoms with van der Waals surface area (Å²) in [7, 11) is 0. The van der Waals surface area contributed by atoms with Crippen LogP contribution in [0.5, 0.6) is 0 Å². The molecule has 0 aliphatic rings. The molecule has 0 saturated carbocycles. The number of aliphatic hydroxyl groups is 1. The first-order valence-corrected chi connectivity index (χ1v) is 5.63. The van der Waals surface area contributed by atoms with Crippen molar-refractivity contribution in [1.82, 2.24) is 4.98 Å². The number of anilines is 1. The molecule has 0 saturated heterocycles. The molecule has 0 bridgehead atoms. The molecular formula is C14H16N2O. The Morgan fingerprint density at radius 3 is 2.59 bits per heavy atom. The lowest BCUT2D eigenvalue weighted by Crippen LogP contribution is -2.01. The van der Waals surface area contributed by atoms with E-state index in [1.165, 1.54) is 11.1 Å². The van der Waals surface area contributed by atoms with Gasteiger partial charge in [-0.3, -0.25) is 4.98 Å². The van der Waals surface area contributed by atoms with Gasteiger partial charge in [0, 0.05) is 24.6 Å². The summed E-state index contributed by atoms with van der Waals surface area (Å²) < 4.78 is 0. The van der Waals surface area contributed by atoms with Crippen LogP contribution >= 0.6 is 0 Å². The lowest BCUT2D eigenvalue weighted by atomic mass is 10.1. The SMILES string of the molecule is Cc1ccc(CO)cc1NCc1ccncc1. The fourth-order valence-corrected chi connectivity index (χ4v) is 1.66. The van der Waals surface area contributed by atoms with E-state index in [1.54, 1.807) is 12.4 Å². The zero-order chi connectivity index (χ0) is 12.1. The smallest absolute Gasteiger partial charge is 0.0682 e. The number of hydrogen-bond donors (Lipinski definition) is 2. The van der Waals surface area contributed by atoms with Crippen LogP contribution in [0.25, 0.3) is 0 Å². The number of nitrogens with one attached hydrogen (secondary N) is 1. The third-order valence-corrected chi connectivity index (χ3v) is 2.72. The minimum absolute atomic E-state index is 0.0736. The van der Waals surface area contributed by atoms with Crippen LogP contribution in [0.15, 0.2) is 42.7 Å². The molecule has 0 fully saturated rings. The van der Waals surface area contributed by atoms with Crippen molar-refractivity contribution in [2.75, 3.05) is 5.32 Å². The summed E-state index contributed by atoms with van der Waals surface area (Å²) in [5.41, 5.74) is 4.35. The highest BCUT2D eigenvalue weighted by molar-refractivity contribution is 5.52. The molecule has 0 amide bonds. The molecule has 0 radical (unpaired) electrons. The summed E-state index contributed by atoms with van der Waals surface area (Å²) in [5, 5.41) is 12.5. The van der Waals surface area contributed by atoms with E-state index in [0.29, 0.717) is 0 Å². The van der Waals surface area contributed by atoms with Gasteiger partial charge in [0.1, 0.15) is 0 Å². The van der Waals surface area contributed by atoms with Crippen LogP contribution in [0.4, 0.5) is 5.69 Å². The van der Waals surface area contributed by atoms with Crippen LogP contribution < -0.4 is 5.32 Å². The molecule has 0 spiro atoms. The first-order chi connectivity index (χ1) is 8.29. The van der Waals surface area contributed by atoms with Crippen LogP contribution in [-0.4, -0.2) is 10.1 Å². The Bertz CT molecular complexity index is 483. The Balaban J connectivity index is 2.08. The first kappa shape index (κ1) is 11.6. The third kappa shape index (κ3) is 3.04. The lowest BCUT2D eigenvalue weighted by molar-refractivity contribution is 0.282. The largest absolute Gasteiger partial charge is 0.392 e. The molecule has 88 valence electrons. The lowest BCUT2D eigenvalue weighted by Gasteiger charge is -2.10. The fraction of sp³-hybridized carbons (Fsp3) is 0.214. The Labute approximate surface area is 101 Å².